The van der Waals surface area contributed by atoms with Gasteiger partial charge in [0.1, 0.15) is 0 Å². The first-order valence-corrected chi connectivity index (χ1v) is 15.3. The Morgan fingerprint density at radius 2 is 1.86 bits per heavy atom. The summed E-state index contributed by atoms with van der Waals surface area (Å²) in [4.78, 5) is 35.4. The number of carbonyl (C=O) groups is 2. The van der Waals surface area contributed by atoms with Gasteiger partial charge < -0.3 is 0 Å². The van der Waals surface area contributed by atoms with Crippen LogP contribution >= 0.6 is 7.37 Å². The van der Waals surface area contributed by atoms with Crippen molar-refractivity contribution in [3.63, 3.8) is 0 Å². The Bertz CT molecular complexity index is 591. The van der Waals surface area contributed by atoms with E-state index in [4.69, 9.17) is 0 Å². The van der Waals surface area contributed by atoms with Gasteiger partial charge in [0, 0.05) is 0 Å². The van der Waals surface area contributed by atoms with Gasteiger partial charge in [-0.1, -0.05) is 0 Å². The Morgan fingerprint density at radius 1 is 1.17 bits per heavy atom. The summed E-state index contributed by atoms with van der Waals surface area (Å²) < 4.78 is 12.4. The number of aliphatic hydroxyl groups excluding tert-OH is 1. The fraction of sp³-hybridized carbons (Fsp3) is 0.900. The maximum absolute atomic E-state index is 12.6. The maximum atomic E-state index is 12.6. The quantitative estimate of drug-likeness (QED) is 0.257. The van der Waals surface area contributed by atoms with Gasteiger partial charge in [-0.3, -0.25) is 0 Å². The van der Waals surface area contributed by atoms with Crippen LogP contribution in [-0.4, -0.2) is 73.8 Å². The fourth-order valence-corrected chi connectivity index (χ4v) is 9.15. The minimum absolute atomic E-state index is 0.0424. The van der Waals surface area contributed by atoms with Crippen molar-refractivity contribution in [2.24, 2.45) is 11.8 Å². The van der Waals surface area contributed by atoms with Crippen molar-refractivity contribution in [2.75, 3.05) is 25.4 Å². The van der Waals surface area contributed by atoms with E-state index < -0.39 is 29.2 Å². The van der Waals surface area contributed by atoms with Crippen LogP contribution in [0.5, 0.6) is 0 Å². The number of hydrogen-bond acceptors (Lipinski definition) is 5. The molecule has 1 amide bonds. The molecule has 1 saturated carbocycles. The molecule has 0 spiro atoms. The van der Waals surface area contributed by atoms with Crippen LogP contribution in [0.25, 0.3) is 0 Å². The minimum atomic E-state index is -3.41. The third-order valence-corrected chi connectivity index (χ3v) is 11.9. The number of rotatable bonds is 11. The molecule has 5 atom stereocenters. The molecule has 1 heterocycles. The molecule has 168 valence electrons. The van der Waals surface area contributed by atoms with Crippen LogP contribution in [0.3, 0.4) is 0 Å². The number of hydrogen-bond donors (Lipinski definition) is 4. The summed E-state index contributed by atoms with van der Waals surface area (Å²) in [6.07, 6.45) is 6.27. The van der Waals surface area contributed by atoms with Crippen molar-refractivity contribution in [1.82, 2.24) is 10.6 Å². The molecule has 2 unspecified atom stereocenters. The third kappa shape index (κ3) is 8.83. The Balaban J connectivity index is 1.78. The van der Waals surface area contributed by atoms with E-state index in [0.29, 0.717) is 0 Å². The van der Waals surface area contributed by atoms with E-state index >= 15 is 0 Å². The molecular formula is C20H38AsN2O5P. The molecule has 0 bridgehead atoms. The van der Waals surface area contributed by atoms with Crippen molar-refractivity contribution in [3.8, 4) is 0 Å². The van der Waals surface area contributed by atoms with Crippen LogP contribution in [0.4, 0.5) is 0 Å². The number of carbonyl (C=O) groups excluding carboxylic acids is 2. The molecule has 7 nitrogen and oxygen atoms in total. The van der Waals surface area contributed by atoms with E-state index in [0.717, 1.165) is 45.1 Å². The predicted molar refractivity (Wildman–Crippen MR) is 117 cm³/mol. The van der Waals surface area contributed by atoms with E-state index in [1.165, 1.54) is 6.42 Å². The van der Waals surface area contributed by atoms with Gasteiger partial charge in [0.25, 0.3) is 0 Å². The molecular weight excluding hydrogens is 454 g/mol. The van der Waals surface area contributed by atoms with Crippen LogP contribution in [0.1, 0.15) is 58.8 Å². The van der Waals surface area contributed by atoms with Gasteiger partial charge in [0.15, 0.2) is 0 Å². The third-order valence-electron chi connectivity index (χ3n) is 5.90. The first-order valence-electron chi connectivity index (χ1n) is 11.0. The average molecular weight is 492 g/mol. The van der Waals surface area contributed by atoms with Crippen molar-refractivity contribution in [1.29, 1.82) is 0 Å². The molecule has 1 saturated heterocycles. The second-order valence-corrected chi connectivity index (χ2v) is 14.4. The summed E-state index contributed by atoms with van der Waals surface area (Å²) in [6, 6.07) is -0.102. The number of aliphatic hydroxyl groups is 1. The van der Waals surface area contributed by atoms with Crippen LogP contribution in [0.15, 0.2) is 0 Å². The van der Waals surface area contributed by atoms with Gasteiger partial charge in [-0.15, -0.1) is 0 Å². The SMILES string of the molecule is CC(C)[C@H]([AsH]C(=O)[C@@H]1CCCN1)C(=O)NC[C@@H](O)CP(=O)(O)CC1CCCCC1. The summed E-state index contributed by atoms with van der Waals surface area (Å²) in [7, 11) is -3.41. The molecule has 1 aliphatic heterocycles. The number of nitrogens with one attached hydrogen (secondary N) is 2. The van der Waals surface area contributed by atoms with Crippen LogP contribution in [0.2, 0.25) is 4.71 Å². The van der Waals surface area contributed by atoms with Gasteiger partial charge in [-0.2, -0.15) is 0 Å². The van der Waals surface area contributed by atoms with E-state index in [2.05, 4.69) is 10.6 Å². The first kappa shape index (κ1) is 25.1. The van der Waals surface area contributed by atoms with E-state index in [1.54, 1.807) is 0 Å². The molecule has 0 aromatic heterocycles. The summed E-state index contributed by atoms with van der Waals surface area (Å²) in [5, 5.41) is 16.1. The van der Waals surface area contributed by atoms with Crippen LogP contribution in [-0.2, 0) is 14.2 Å². The fourth-order valence-electron chi connectivity index (χ4n) is 4.27. The second kappa shape index (κ2) is 12.0. The zero-order chi connectivity index (χ0) is 21.4. The molecule has 29 heavy (non-hydrogen) atoms. The summed E-state index contributed by atoms with van der Waals surface area (Å²) in [6.45, 7) is 4.69. The molecule has 0 radical (unpaired) electrons. The Hall–Kier alpha value is -0.192. The predicted octanol–water partition coefficient (Wildman–Crippen LogP) is 1.47. The zero-order valence-electron chi connectivity index (χ0n) is 17.7. The van der Waals surface area contributed by atoms with Gasteiger partial charge in [0.05, 0.1) is 0 Å². The van der Waals surface area contributed by atoms with E-state index in [-0.39, 0.29) is 51.9 Å². The van der Waals surface area contributed by atoms with E-state index in [9.17, 15) is 24.2 Å². The number of amides is 1. The van der Waals surface area contributed by atoms with Gasteiger partial charge in [-0.25, -0.2) is 0 Å². The van der Waals surface area contributed by atoms with Crippen molar-refractivity contribution in [3.05, 3.63) is 0 Å². The summed E-state index contributed by atoms with van der Waals surface area (Å²) >= 11 is -1.13. The summed E-state index contributed by atoms with van der Waals surface area (Å²) in [5.74, 6) is 0.102. The molecule has 2 fully saturated rings. The molecule has 0 aromatic rings. The van der Waals surface area contributed by atoms with Gasteiger partial charge >= 0.3 is 181 Å². The van der Waals surface area contributed by atoms with Gasteiger partial charge in [-0.05, 0) is 0 Å². The monoisotopic (exact) mass is 492 g/mol. The van der Waals surface area contributed by atoms with Crippen molar-refractivity contribution >= 4 is 33.6 Å². The Kier molecular flexibility index (Phi) is 10.4. The molecule has 2 rings (SSSR count). The van der Waals surface area contributed by atoms with Crippen molar-refractivity contribution in [2.45, 2.75) is 75.6 Å². The molecule has 2 aliphatic rings. The second-order valence-electron chi connectivity index (χ2n) is 8.99. The molecule has 4 N–H and O–H groups in total. The van der Waals surface area contributed by atoms with Crippen LogP contribution < -0.4 is 10.6 Å². The summed E-state index contributed by atoms with van der Waals surface area (Å²) in [5.41, 5.74) is 0. The molecule has 9 heteroatoms. The Labute approximate surface area is 181 Å². The molecule has 1 aliphatic carbocycles. The van der Waals surface area contributed by atoms with E-state index in [1.807, 2.05) is 13.8 Å². The van der Waals surface area contributed by atoms with Crippen molar-refractivity contribution < 1.29 is 24.2 Å². The topological polar surface area (TPSA) is 116 Å². The van der Waals surface area contributed by atoms with Crippen LogP contribution in [0, 0.1) is 11.8 Å². The molecule has 0 aromatic carbocycles. The normalized spacial score (nSPS) is 25.2. The Morgan fingerprint density at radius 3 is 2.45 bits per heavy atom. The average Bonchev–Trinajstić information content (AvgIpc) is 3.18. The van der Waals surface area contributed by atoms with Gasteiger partial charge in [0.2, 0.25) is 0 Å². The zero-order valence-corrected chi connectivity index (χ0v) is 20.7. The standard InChI is InChI=1S/C20H38AsN2O5P/c1-14(2)18(21-19(25)17-9-6-10-22-17)20(26)23-11-16(24)13-29(27,28)12-15-7-4-3-5-8-15/h14-18,21-22,24H,3-13H2,1-2H3,(H,23,26)(H,27,28)/t16-,17+,18+/m1/s1. The first-order chi connectivity index (χ1) is 13.7.